The Morgan fingerprint density at radius 3 is 2.73 bits per heavy atom. The van der Waals surface area contributed by atoms with Gasteiger partial charge in [-0.1, -0.05) is 6.07 Å². The van der Waals surface area contributed by atoms with Gasteiger partial charge >= 0.3 is 0 Å². The number of aromatic nitrogens is 2. The van der Waals surface area contributed by atoms with Crippen LogP contribution in [0.4, 0.5) is 5.82 Å². The number of morpholine rings is 1. The molecule has 0 atom stereocenters. The van der Waals surface area contributed by atoms with Crippen molar-refractivity contribution in [3.05, 3.63) is 54.0 Å². The Labute approximate surface area is 129 Å². The molecule has 2 aromatic heterocycles. The van der Waals surface area contributed by atoms with E-state index in [1.54, 1.807) is 30.7 Å². The first-order valence-electron chi connectivity index (χ1n) is 7.29. The molecule has 0 aliphatic carbocycles. The minimum absolute atomic E-state index is 0.112. The van der Waals surface area contributed by atoms with Crippen molar-refractivity contribution in [2.75, 3.05) is 31.2 Å². The maximum absolute atomic E-state index is 12.1. The lowest BCUT2D eigenvalue weighted by atomic mass is 10.2. The lowest BCUT2D eigenvalue weighted by Gasteiger charge is -2.29. The monoisotopic (exact) mass is 298 g/mol. The van der Waals surface area contributed by atoms with Gasteiger partial charge in [0, 0.05) is 49.4 Å². The number of rotatable bonds is 4. The second kappa shape index (κ2) is 7.00. The number of hydrogen-bond acceptors (Lipinski definition) is 5. The molecular formula is C16H18N4O2. The number of hydrogen-bond donors (Lipinski definition) is 1. The van der Waals surface area contributed by atoms with Gasteiger partial charge in [-0.3, -0.25) is 9.78 Å². The smallest absolute Gasteiger partial charge is 0.251 e. The van der Waals surface area contributed by atoms with Crippen LogP contribution in [0.25, 0.3) is 0 Å². The van der Waals surface area contributed by atoms with Crippen LogP contribution in [0.3, 0.4) is 0 Å². The summed E-state index contributed by atoms with van der Waals surface area (Å²) >= 11 is 0. The van der Waals surface area contributed by atoms with Crippen LogP contribution < -0.4 is 10.2 Å². The van der Waals surface area contributed by atoms with Gasteiger partial charge in [-0.2, -0.15) is 0 Å². The Kier molecular flexibility index (Phi) is 4.60. The number of nitrogens with one attached hydrogen (secondary N) is 1. The van der Waals surface area contributed by atoms with Crippen LogP contribution in [-0.4, -0.2) is 42.2 Å². The standard InChI is InChI=1S/C16H18N4O2/c21-16(13-3-6-17-7-4-13)19-12-14-2-1-5-18-15(14)20-8-10-22-11-9-20/h1-7H,8-12H2,(H,19,21). The van der Waals surface area contributed by atoms with Gasteiger partial charge in [0.05, 0.1) is 13.2 Å². The average Bonchev–Trinajstić information content (AvgIpc) is 2.61. The molecule has 0 spiro atoms. The fourth-order valence-corrected chi connectivity index (χ4v) is 2.41. The van der Waals surface area contributed by atoms with Crippen LogP contribution in [0.2, 0.25) is 0 Å². The molecule has 0 radical (unpaired) electrons. The van der Waals surface area contributed by atoms with Gasteiger partial charge in [-0.15, -0.1) is 0 Å². The van der Waals surface area contributed by atoms with Gasteiger partial charge < -0.3 is 15.0 Å². The van der Waals surface area contributed by atoms with Gasteiger partial charge in [0.2, 0.25) is 0 Å². The predicted molar refractivity (Wildman–Crippen MR) is 82.7 cm³/mol. The second-order valence-corrected chi connectivity index (χ2v) is 5.00. The maximum Gasteiger partial charge on any atom is 0.251 e. The highest BCUT2D eigenvalue weighted by Crippen LogP contribution is 2.18. The third-order valence-electron chi connectivity index (χ3n) is 3.56. The molecule has 0 aromatic carbocycles. The minimum Gasteiger partial charge on any atom is -0.378 e. The number of pyridine rings is 2. The first-order chi connectivity index (χ1) is 10.8. The number of ether oxygens (including phenoxy) is 1. The molecule has 1 N–H and O–H groups in total. The van der Waals surface area contributed by atoms with E-state index in [4.69, 9.17) is 4.74 Å². The summed E-state index contributed by atoms with van der Waals surface area (Å²) in [7, 11) is 0. The van der Waals surface area contributed by atoms with Crippen LogP contribution in [0.5, 0.6) is 0 Å². The summed E-state index contributed by atoms with van der Waals surface area (Å²) in [5, 5.41) is 2.93. The van der Waals surface area contributed by atoms with Crippen molar-refractivity contribution in [1.82, 2.24) is 15.3 Å². The Morgan fingerprint density at radius 2 is 1.95 bits per heavy atom. The molecule has 1 aliphatic heterocycles. The molecule has 6 heteroatoms. The molecule has 1 saturated heterocycles. The summed E-state index contributed by atoms with van der Waals surface area (Å²) in [5.41, 5.74) is 1.61. The van der Waals surface area contributed by atoms with E-state index in [0.29, 0.717) is 25.3 Å². The number of amides is 1. The summed E-state index contributed by atoms with van der Waals surface area (Å²) in [6.45, 7) is 3.51. The molecule has 114 valence electrons. The summed E-state index contributed by atoms with van der Waals surface area (Å²) in [4.78, 5) is 22.7. The van der Waals surface area contributed by atoms with Gasteiger partial charge in [-0.25, -0.2) is 4.98 Å². The topological polar surface area (TPSA) is 67.4 Å². The van der Waals surface area contributed by atoms with Crippen molar-refractivity contribution in [3.8, 4) is 0 Å². The van der Waals surface area contributed by atoms with E-state index in [9.17, 15) is 4.79 Å². The number of carbonyl (C=O) groups excluding carboxylic acids is 1. The SMILES string of the molecule is O=C(NCc1cccnc1N1CCOCC1)c1ccncc1. The van der Waals surface area contributed by atoms with Gasteiger partial charge in [-0.05, 0) is 18.2 Å². The van der Waals surface area contributed by atoms with E-state index >= 15 is 0 Å². The molecule has 1 aliphatic rings. The van der Waals surface area contributed by atoms with Crippen LogP contribution in [0.15, 0.2) is 42.9 Å². The Morgan fingerprint density at radius 1 is 1.18 bits per heavy atom. The summed E-state index contributed by atoms with van der Waals surface area (Å²) in [5.74, 6) is 0.806. The van der Waals surface area contributed by atoms with Gasteiger partial charge in [0.25, 0.3) is 5.91 Å². The van der Waals surface area contributed by atoms with E-state index in [1.165, 1.54) is 0 Å². The van der Waals surface area contributed by atoms with Crippen molar-refractivity contribution >= 4 is 11.7 Å². The first kappa shape index (κ1) is 14.5. The van der Waals surface area contributed by atoms with E-state index in [2.05, 4.69) is 20.2 Å². The van der Waals surface area contributed by atoms with Crippen molar-refractivity contribution in [1.29, 1.82) is 0 Å². The molecule has 3 heterocycles. The Hall–Kier alpha value is -2.47. The quantitative estimate of drug-likeness (QED) is 0.920. The molecule has 0 bridgehead atoms. The first-order valence-corrected chi connectivity index (χ1v) is 7.29. The van der Waals surface area contributed by atoms with Crippen molar-refractivity contribution in [2.45, 2.75) is 6.54 Å². The summed E-state index contributed by atoms with van der Waals surface area (Å²) in [6.07, 6.45) is 5.00. The van der Waals surface area contributed by atoms with Gasteiger partial charge in [0.15, 0.2) is 0 Å². The van der Waals surface area contributed by atoms with E-state index in [-0.39, 0.29) is 5.91 Å². The molecule has 2 aromatic rings. The van der Waals surface area contributed by atoms with Crippen molar-refractivity contribution < 1.29 is 9.53 Å². The van der Waals surface area contributed by atoms with Gasteiger partial charge in [0.1, 0.15) is 5.82 Å². The highest BCUT2D eigenvalue weighted by Gasteiger charge is 2.16. The second-order valence-electron chi connectivity index (χ2n) is 5.00. The number of anilines is 1. The zero-order valence-electron chi connectivity index (χ0n) is 12.2. The molecular weight excluding hydrogens is 280 g/mol. The maximum atomic E-state index is 12.1. The van der Waals surface area contributed by atoms with Crippen molar-refractivity contribution in [2.24, 2.45) is 0 Å². The summed E-state index contributed by atoms with van der Waals surface area (Å²) in [6, 6.07) is 7.27. The normalized spacial score (nSPS) is 14.6. The van der Waals surface area contributed by atoms with Crippen molar-refractivity contribution in [3.63, 3.8) is 0 Å². The highest BCUT2D eigenvalue weighted by atomic mass is 16.5. The number of carbonyl (C=O) groups is 1. The fraction of sp³-hybridized carbons (Fsp3) is 0.312. The summed E-state index contributed by atoms with van der Waals surface area (Å²) < 4.78 is 5.37. The zero-order chi connectivity index (χ0) is 15.2. The lowest BCUT2D eigenvalue weighted by Crippen LogP contribution is -2.37. The predicted octanol–water partition coefficient (Wildman–Crippen LogP) is 1.24. The molecule has 0 saturated carbocycles. The Balaban J connectivity index is 1.69. The third kappa shape index (κ3) is 3.40. The van der Waals surface area contributed by atoms with E-state index < -0.39 is 0 Å². The fourth-order valence-electron chi connectivity index (χ4n) is 2.41. The lowest BCUT2D eigenvalue weighted by molar-refractivity contribution is 0.0950. The molecule has 1 fully saturated rings. The van der Waals surface area contributed by atoms with E-state index in [0.717, 1.165) is 24.5 Å². The molecule has 0 unspecified atom stereocenters. The molecule has 3 rings (SSSR count). The molecule has 22 heavy (non-hydrogen) atoms. The van der Waals surface area contributed by atoms with Crippen LogP contribution in [-0.2, 0) is 11.3 Å². The Bertz CT molecular complexity index is 627. The average molecular weight is 298 g/mol. The zero-order valence-corrected chi connectivity index (χ0v) is 12.2. The van der Waals surface area contributed by atoms with Crippen LogP contribution in [0, 0.1) is 0 Å². The van der Waals surface area contributed by atoms with Crippen LogP contribution in [0.1, 0.15) is 15.9 Å². The largest absolute Gasteiger partial charge is 0.378 e. The highest BCUT2D eigenvalue weighted by molar-refractivity contribution is 5.93. The molecule has 6 nitrogen and oxygen atoms in total. The van der Waals surface area contributed by atoms with E-state index in [1.807, 2.05) is 12.1 Å². The molecule has 1 amide bonds. The third-order valence-corrected chi connectivity index (χ3v) is 3.56. The minimum atomic E-state index is -0.112. The number of nitrogens with zero attached hydrogens (tertiary/aromatic N) is 3. The van der Waals surface area contributed by atoms with Crippen LogP contribution >= 0.6 is 0 Å².